The third-order valence-corrected chi connectivity index (χ3v) is 3.85. The van der Waals surface area contributed by atoms with Gasteiger partial charge in [0.25, 0.3) is 0 Å². The molecule has 8 heteroatoms. The number of halogens is 2. The molecule has 0 radical (unpaired) electrons. The summed E-state index contributed by atoms with van der Waals surface area (Å²) in [5.41, 5.74) is -0.276. The van der Waals surface area contributed by atoms with Gasteiger partial charge in [0.05, 0.1) is 6.54 Å². The Labute approximate surface area is 138 Å². The topological polar surface area (TPSA) is 61.4 Å². The molecule has 1 N–H and O–H groups in total. The predicted molar refractivity (Wildman–Crippen MR) is 85.7 cm³/mol. The van der Waals surface area contributed by atoms with Gasteiger partial charge in [0, 0.05) is 38.6 Å². The minimum atomic E-state index is -0.714. The minimum Gasteiger partial charge on any atom is -0.371 e. The van der Waals surface area contributed by atoms with E-state index in [4.69, 9.17) is 0 Å². The molecular formula is C16H17F2N5O. The molecule has 0 aliphatic carbocycles. The van der Waals surface area contributed by atoms with Crippen LogP contribution in [0.5, 0.6) is 0 Å². The monoisotopic (exact) mass is 333 g/mol. The van der Waals surface area contributed by atoms with Crippen molar-refractivity contribution >= 4 is 17.5 Å². The molecular weight excluding hydrogens is 316 g/mol. The molecule has 126 valence electrons. The van der Waals surface area contributed by atoms with E-state index >= 15 is 0 Å². The van der Waals surface area contributed by atoms with E-state index in [1.54, 1.807) is 23.4 Å². The van der Waals surface area contributed by atoms with Crippen molar-refractivity contribution in [2.75, 3.05) is 42.9 Å². The molecule has 1 aromatic carbocycles. The highest BCUT2D eigenvalue weighted by Crippen LogP contribution is 2.18. The summed E-state index contributed by atoms with van der Waals surface area (Å²) in [7, 11) is 0. The van der Waals surface area contributed by atoms with Crippen LogP contribution in [0.15, 0.2) is 36.7 Å². The second-order valence-electron chi connectivity index (χ2n) is 5.37. The normalized spacial score (nSPS) is 14.6. The second-order valence-corrected chi connectivity index (χ2v) is 5.37. The molecule has 2 aromatic rings. The van der Waals surface area contributed by atoms with E-state index in [0.29, 0.717) is 32.1 Å². The van der Waals surface area contributed by atoms with Gasteiger partial charge in [-0.15, -0.1) is 0 Å². The molecule has 0 spiro atoms. The molecule has 6 nitrogen and oxygen atoms in total. The number of para-hydroxylation sites is 1. The van der Waals surface area contributed by atoms with Gasteiger partial charge in [-0.25, -0.2) is 18.7 Å². The first kappa shape index (κ1) is 16.1. The molecule has 3 rings (SSSR count). The van der Waals surface area contributed by atoms with Crippen LogP contribution in [0.2, 0.25) is 0 Å². The Morgan fingerprint density at radius 3 is 2.29 bits per heavy atom. The predicted octanol–water partition coefficient (Wildman–Crippen LogP) is 1.52. The summed E-state index contributed by atoms with van der Waals surface area (Å²) >= 11 is 0. The average Bonchev–Trinajstić information content (AvgIpc) is 2.62. The van der Waals surface area contributed by atoms with Crippen molar-refractivity contribution < 1.29 is 13.6 Å². The number of piperazine rings is 1. The first-order chi connectivity index (χ1) is 11.6. The number of benzene rings is 1. The number of nitrogens with zero attached hydrogens (tertiary/aromatic N) is 4. The van der Waals surface area contributed by atoms with Gasteiger partial charge < -0.3 is 15.1 Å². The number of aromatic nitrogens is 2. The minimum absolute atomic E-state index is 0.153. The van der Waals surface area contributed by atoms with Crippen molar-refractivity contribution in [2.24, 2.45) is 0 Å². The number of hydrogen-bond donors (Lipinski definition) is 1. The Balaban J connectivity index is 1.52. The zero-order valence-corrected chi connectivity index (χ0v) is 13.0. The molecule has 1 aromatic heterocycles. The summed E-state index contributed by atoms with van der Waals surface area (Å²) in [6, 6.07) is 5.32. The number of hydrogen-bond acceptors (Lipinski definition) is 5. The smallest absolute Gasteiger partial charge is 0.241 e. The third-order valence-electron chi connectivity index (χ3n) is 3.85. The number of anilines is 2. The summed E-state index contributed by atoms with van der Waals surface area (Å²) in [5, 5.41) is 2.54. The molecule has 1 saturated heterocycles. The Morgan fingerprint density at radius 2 is 1.67 bits per heavy atom. The van der Waals surface area contributed by atoms with Gasteiger partial charge in [0.15, 0.2) is 0 Å². The van der Waals surface area contributed by atoms with E-state index in [9.17, 15) is 13.6 Å². The van der Waals surface area contributed by atoms with Crippen LogP contribution in [0.4, 0.5) is 20.4 Å². The van der Waals surface area contributed by atoms with Crippen LogP contribution in [0, 0.1) is 11.6 Å². The van der Waals surface area contributed by atoms with Crippen LogP contribution >= 0.6 is 0 Å². The molecule has 0 saturated carbocycles. The van der Waals surface area contributed by atoms with Crippen LogP contribution in [-0.4, -0.2) is 53.5 Å². The lowest BCUT2D eigenvalue weighted by Gasteiger charge is -2.34. The standard InChI is InChI=1S/C16H17F2N5O/c17-12-3-1-4-13(18)15(12)21-11-14(24)22-7-9-23(10-8-22)16-19-5-2-6-20-16/h1-6,21H,7-11H2. The summed E-state index contributed by atoms with van der Waals surface area (Å²) < 4.78 is 27.1. The number of nitrogens with one attached hydrogen (secondary N) is 1. The highest BCUT2D eigenvalue weighted by atomic mass is 19.1. The Bertz CT molecular complexity index is 685. The third kappa shape index (κ3) is 3.58. The first-order valence-electron chi connectivity index (χ1n) is 7.63. The van der Waals surface area contributed by atoms with Crippen molar-refractivity contribution in [1.82, 2.24) is 14.9 Å². The Hall–Kier alpha value is -2.77. The molecule has 1 aliphatic rings. The fourth-order valence-corrected chi connectivity index (χ4v) is 2.55. The number of rotatable bonds is 4. The van der Waals surface area contributed by atoms with Crippen LogP contribution in [0.3, 0.4) is 0 Å². The van der Waals surface area contributed by atoms with Gasteiger partial charge in [0.2, 0.25) is 11.9 Å². The van der Waals surface area contributed by atoms with Gasteiger partial charge >= 0.3 is 0 Å². The van der Waals surface area contributed by atoms with Gasteiger partial charge in [0.1, 0.15) is 17.3 Å². The SMILES string of the molecule is O=C(CNc1c(F)cccc1F)N1CCN(c2ncccn2)CC1. The molecule has 1 aliphatic heterocycles. The molecule has 1 amide bonds. The Kier molecular flexibility index (Phi) is 4.83. The van der Waals surface area contributed by atoms with Gasteiger partial charge in [-0.3, -0.25) is 4.79 Å². The summed E-state index contributed by atoms with van der Waals surface area (Å²) in [4.78, 5) is 24.2. The average molecular weight is 333 g/mol. The van der Waals surface area contributed by atoms with Gasteiger partial charge in [-0.05, 0) is 18.2 Å². The van der Waals surface area contributed by atoms with Crippen molar-refractivity contribution in [1.29, 1.82) is 0 Å². The lowest BCUT2D eigenvalue weighted by atomic mass is 10.2. The van der Waals surface area contributed by atoms with Crippen LogP contribution in [0.1, 0.15) is 0 Å². The highest BCUT2D eigenvalue weighted by molar-refractivity contribution is 5.81. The molecule has 24 heavy (non-hydrogen) atoms. The molecule has 1 fully saturated rings. The van der Waals surface area contributed by atoms with Crippen molar-refractivity contribution in [3.63, 3.8) is 0 Å². The lowest BCUT2D eigenvalue weighted by molar-refractivity contribution is -0.129. The van der Waals surface area contributed by atoms with Crippen molar-refractivity contribution in [3.05, 3.63) is 48.3 Å². The van der Waals surface area contributed by atoms with Gasteiger partial charge in [-0.2, -0.15) is 0 Å². The summed E-state index contributed by atoms with van der Waals surface area (Å²) in [5.74, 6) is -0.995. The summed E-state index contributed by atoms with van der Waals surface area (Å²) in [6.07, 6.45) is 3.35. The van der Waals surface area contributed by atoms with E-state index in [2.05, 4.69) is 15.3 Å². The molecule has 0 unspecified atom stereocenters. The van der Waals surface area contributed by atoms with E-state index in [1.165, 1.54) is 6.07 Å². The van der Waals surface area contributed by atoms with Crippen LogP contribution in [-0.2, 0) is 4.79 Å². The van der Waals surface area contributed by atoms with Crippen LogP contribution < -0.4 is 10.2 Å². The quantitative estimate of drug-likeness (QED) is 0.919. The highest BCUT2D eigenvalue weighted by Gasteiger charge is 2.22. The largest absolute Gasteiger partial charge is 0.371 e. The molecule has 0 bridgehead atoms. The lowest BCUT2D eigenvalue weighted by Crippen LogP contribution is -2.50. The molecule has 2 heterocycles. The van der Waals surface area contributed by atoms with Gasteiger partial charge in [-0.1, -0.05) is 6.07 Å². The number of amides is 1. The van der Waals surface area contributed by atoms with Crippen molar-refractivity contribution in [3.8, 4) is 0 Å². The zero-order valence-electron chi connectivity index (χ0n) is 13.0. The number of carbonyl (C=O) groups excluding carboxylic acids is 1. The van der Waals surface area contributed by atoms with Crippen molar-refractivity contribution in [2.45, 2.75) is 0 Å². The zero-order chi connectivity index (χ0) is 16.9. The van der Waals surface area contributed by atoms with Crippen LogP contribution in [0.25, 0.3) is 0 Å². The fraction of sp³-hybridized carbons (Fsp3) is 0.312. The second kappa shape index (κ2) is 7.20. The maximum Gasteiger partial charge on any atom is 0.241 e. The van der Waals surface area contributed by atoms with E-state index < -0.39 is 11.6 Å². The van der Waals surface area contributed by atoms with E-state index in [0.717, 1.165) is 12.1 Å². The summed E-state index contributed by atoms with van der Waals surface area (Å²) in [6.45, 7) is 2.10. The van der Waals surface area contributed by atoms with E-state index in [1.807, 2.05) is 4.90 Å². The maximum absolute atomic E-state index is 13.5. The molecule has 0 atom stereocenters. The Morgan fingerprint density at radius 1 is 1.04 bits per heavy atom. The number of carbonyl (C=O) groups is 1. The first-order valence-corrected chi connectivity index (χ1v) is 7.63. The maximum atomic E-state index is 13.5. The fourth-order valence-electron chi connectivity index (χ4n) is 2.55. The van der Waals surface area contributed by atoms with E-state index in [-0.39, 0.29) is 18.1 Å².